The summed E-state index contributed by atoms with van der Waals surface area (Å²) in [7, 11) is 3.17. The number of methoxy groups -OCH3 is 1. The first-order valence-electron chi connectivity index (χ1n) is 17.1. The number of ether oxygens (including phenoxy) is 1. The van der Waals surface area contributed by atoms with Gasteiger partial charge in [0.25, 0.3) is 0 Å². The molecule has 13 heteroatoms. The van der Waals surface area contributed by atoms with Crippen LogP contribution in [-0.2, 0) is 18.0 Å². The number of rotatable bonds is 10. The van der Waals surface area contributed by atoms with Gasteiger partial charge in [0.2, 0.25) is 5.95 Å². The summed E-state index contributed by atoms with van der Waals surface area (Å²) < 4.78 is 22.0. The van der Waals surface area contributed by atoms with Gasteiger partial charge in [-0.05, 0) is 91.8 Å². The number of aromatic nitrogens is 4. The van der Waals surface area contributed by atoms with Crippen molar-refractivity contribution in [1.29, 1.82) is 0 Å². The molecule has 6 rings (SSSR count). The molecule has 0 bridgehead atoms. The minimum absolute atomic E-state index is 0.423. The predicted octanol–water partition coefficient (Wildman–Crippen LogP) is 6.47. The van der Waals surface area contributed by atoms with E-state index in [-0.39, 0.29) is 0 Å². The molecule has 2 aromatic carbocycles. The number of anilines is 5. The Morgan fingerprint density at radius 3 is 2.35 bits per heavy atom. The summed E-state index contributed by atoms with van der Waals surface area (Å²) in [5.41, 5.74) is 7.06. The van der Waals surface area contributed by atoms with Gasteiger partial charge >= 0.3 is 0 Å². The van der Waals surface area contributed by atoms with Gasteiger partial charge < -0.3 is 29.7 Å². The van der Waals surface area contributed by atoms with Crippen LogP contribution >= 0.6 is 23.1 Å². The highest BCUT2D eigenvalue weighted by atomic mass is 79.9. The average Bonchev–Trinajstić information content (AvgIpc) is 3.43. The summed E-state index contributed by atoms with van der Waals surface area (Å²) >= 11 is 3.62. The lowest BCUT2D eigenvalue weighted by atomic mass is 9.99. The minimum Gasteiger partial charge on any atom is -0.494 e. The number of benzene rings is 2. The quantitative estimate of drug-likeness (QED) is 0.176. The molecule has 2 aliphatic rings. The maximum Gasteiger partial charge on any atom is 0.229 e. The van der Waals surface area contributed by atoms with Crippen LogP contribution in [0, 0.1) is 6.92 Å². The van der Waals surface area contributed by atoms with Gasteiger partial charge in [-0.2, -0.15) is 10.1 Å². The van der Waals surface area contributed by atoms with Gasteiger partial charge in [-0.3, -0.25) is 9.58 Å². The molecule has 4 heterocycles. The van der Waals surface area contributed by atoms with Crippen LogP contribution in [0.15, 0.2) is 47.2 Å². The zero-order valence-electron chi connectivity index (χ0n) is 29.8. The molecule has 2 aromatic heterocycles. The molecule has 49 heavy (non-hydrogen) atoms. The second kappa shape index (κ2) is 14.8. The number of nitrogens with one attached hydrogen (secondary N) is 2. The SMILES string of the molecule is CCc1cc(Nc2ncc(Br)c(Nc3ccc(-c4c(C)cnn4C)cc3P(C)(C)=O)n2)c(OC)cc1N1CCC(N2CCN(C)CC2)CC1. The molecular weight excluding hydrogens is 701 g/mol. The third-order valence-electron chi connectivity index (χ3n) is 9.86. The molecule has 0 unspecified atom stereocenters. The van der Waals surface area contributed by atoms with Crippen LogP contribution in [0.2, 0.25) is 0 Å². The second-order valence-electron chi connectivity index (χ2n) is 13.6. The van der Waals surface area contributed by atoms with Crippen molar-refractivity contribution < 1.29 is 9.30 Å². The van der Waals surface area contributed by atoms with E-state index in [1.54, 1.807) is 26.6 Å². The summed E-state index contributed by atoms with van der Waals surface area (Å²) in [6, 6.07) is 11.0. The zero-order valence-corrected chi connectivity index (χ0v) is 32.2. The number of piperidine rings is 1. The van der Waals surface area contributed by atoms with Gasteiger partial charge in [-0.15, -0.1) is 0 Å². The smallest absolute Gasteiger partial charge is 0.229 e. The molecule has 2 N–H and O–H groups in total. The molecule has 0 aliphatic carbocycles. The molecule has 0 saturated carbocycles. The van der Waals surface area contributed by atoms with Gasteiger partial charge in [0.15, 0.2) is 0 Å². The Balaban J connectivity index is 1.22. The number of nitrogens with zero attached hydrogens (tertiary/aromatic N) is 7. The van der Waals surface area contributed by atoms with Crippen molar-refractivity contribution in [2.24, 2.45) is 7.05 Å². The third-order valence-corrected chi connectivity index (χ3v) is 12.0. The Labute approximate surface area is 298 Å². The molecule has 0 spiro atoms. The standard InChI is InChI=1S/C36H49BrN9O2P/c1-8-25-19-30(32(48-5)21-31(25)46-13-11-27(12-14-46)45-17-15-43(3)16-18-45)41-36-38-23-28(37)35(42-36)40-29-10-9-26(20-33(29)49(6,7)47)34-24(2)22-39-44(34)4/h9-10,19-23,27H,8,11-18H2,1-7H3,(H2,38,40,41,42). The van der Waals surface area contributed by atoms with Crippen molar-refractivity contribution in [1.82, 2.24) is 29.5 Å². The first-order valence-corrected chi connectivity index (χ1v) is 20.5. The largest absolute Gasteiger partial charge is 0.494 e. The fourth-order valence-electron chi connectivity index (χ4n) is 7.07. The molecule has 0 atom stereocenters. The summed E-state index contributed by atoms with van der Waals surface area (Å²) in [5, 5.41) is 12.0. The van der Waals surface area contributed by atoms with Gasteiger partial charge in [0.1, 0.15) is 18.7 Å². The highest BCUT2D eigenvalue weighted by Crippen LogP contribution is 2.41. The van der Waals surface area contributed by atoms with Crippen molar-refractivity contribution in [2.45, 2.75) is 39.2 Å². The van der Waals surface area contributed by atoms with Crippen LogP contribution in [-0.4, -0.2) is 102 Å². The molecule has 4 aromatic rings. The fourth-order valence-corrected chi connectivity index (χ4v) is 8.52. The Morgan fingerprint density at radius 2 is 1.71 bits per heavy atom. The number of hydrogen-bond acceptors (Lipinski definition) is 10. The minimum atomic E-state index is -2.67. The first kappa shape index (κ1) is 35.4. The highest BCUT2D eigenvalue weighted by Gasteiger charge is 2.28. The van der Waals surface area contributed by atoms with Crippen LogP contribution < -0.4 is 25.6 Å². The van der Waals surface area contributed by atoms with E-state index in [1.807, 2.05) is 43.0 Å². The second-order valence-corrected chi connectivity index (χ2v) is 17.7. The molecule has 262 valence electrons. The Kier molecular flexibility index (Phi) is 10.7. The van der Waals surface area contributed by atoms with Crippen LogP contribution in [0.25, 0.3) is 11.3 Å². The van der Waals surface area contributed by atoms with E-state index in [0.717, 1.165) is 71.8 Å². The van der Waals surface area contributed by atoms with Crippen LogP contribution in [0.5, 0.6) is 5.75 Å². The predicted molar refractivity (Wildman–Crippen MR) is 205 cm³/mol. The first-order chi connectivity index (χ1) is 23.4. The number of halogens is 1. The summed E-state index contributed by atoms with van der Waals surface area (Å²) in [5.74, 6) is 1.73. The monoisotopic (exact) mass is 749 g/mol. The summed E-state index contributed by atoms with van der Waals surface area (Å²) in [6.45, 7) is 14.5. The van der Waals surface area contributed by atoms with E-state index in [9.17, 15) is 4.57 Å². The van der Waals surface area contributed by atoms with Crippen LogP contribution in [0.1, 0.15) is 30.9 Å². The van der Waals surface area contributed by atoms with Gasteiger partial charge in [0.05, 0.1) is 34.8 Å². The lowest BCUT2D eigenvalue weighted by molar-refractivity contribution is 0.0982. The lowest BCUT2D eigenvalue weighted by Crippen LogP contribution is -2.52. The Hall–Kier alpha value is -3.44. The molecule has 2 aliphatic heterocycles. The summed E-state index contributed by atoms with van der Waals surface area (Å²) in [6.07, 6.45) is 6.81. The molecule has 2 fully saturated rings. The maximum absolute atomic E-state index is 13.5. The van der Waals surface area contributed by atoms with Gasteiger partial charge in [0, 0.05) is 81.2 Å². The van der Waals surface area contributed by atoms with E-state index < -0.39 is 7.14 Å². The lowest BCUT2D eigenvalue weighted by Gasteiger charge is -2.43. The summed E-state index contributed by atoms with van der Waals surface area (Å²) in [4.78, 5) is 17.0. The molecular formula is C36H49BrN9O2P. The third kappa shape index (κ3) is 7.83. The van der Waals surface area contributed by atoms with Gasteiger partial charge in [-0.25, -0.2) is 4.98 Å². The molecule has 0 radical (unpaired) electrons. The van der Waals surface area contributed by atoms with Crippen molar-refractivity contribution in [3.63, 3.8) is 0 Å². The van der Waals surface area contributed by atoms with Crippen LogP contribution in [0.3, 0.4) is 0 Å². The molecule has 0 amide bonds. The van der Waals surface area contributed by atoms with Gasteiger partial charge in [-0.1, -0.05) is 13.0 Å². The van der Waals surface area contributed by atoms with Crippen molar-refractivity contribution in [2.75, 3.05) is 82.3 Å². The molecule has 2 saturated heterocycles. The molecule has 11 nitrogen and oxygen atoms in total. The van der Waals surface area contributed by atoms with Crippen molar-refractivity contribution in [3.05, 3.63) is 58.3 Å². The fraction of sp³-hybridized carbons (Fsp3) is 0.472. The van der Waals surface area contributed by atoms with Crippen molar-refractivity contribution >= 4 is 57.2 Å². The van der Waals surface area contributed by atoms with E-state index in [0.29, 0.717) is 22.3 Å². The topological polar surface area (TPSA) is 104 Å². The highest BCUT2D eigenvalue weighted by molar-refractivity contribution is 9.10. The number of piperazine rings is 1. The van der Waals surface area contributed by atoms with E-state index >= 15 is 0 Å². The Bertz CT molecular complexity index is 1820. The Morgan fingerprint density at radius 1 is 0.980 bits per heavy atom. The number of hydrogen-bond donors (Lipinski definition) is 2. The normalized spacial score (nSPS) is 16.6. The van der Waals surface area contributed by atoms with E-state index in [2.05, 4.69) is 77.5 Å². The maximum atomic E-state index is 13.5. The number of aryl methyl sites for hydroxylation is 3. The zero-order chi connectivity index (χ0) is 34.9. The van der Waals surface area contributed by atoms with E-state index in [4.69, 9.17) is 9.72 Å². The average molecular weight is 751 g/mol. The van der Waals surface area contributed by atoms with Crippen molar-refractivity contribution in [3.8, 4) is 17.0 Å². The van der Waals surface area contributed by atoms with E-state index in [1.165, 1.54) is 37.2 Å². The number of likely N-dealkylation sites (N-methyl/N-ethyl adjacent to an activating group) is 1. The van der Waals surface area contributed by atoms with Crippen LogP contribution in [0.4, 0.5) is 28.8 Å².